The molecule has 6 nitrogen and oxygen atoms in total. The molecule has 1 atom stereocenters. The lowest BCUT2D eigenvalue weighted by atomic mass is 10.1. The molecule has 0 aromatic heterocycles. The fraction of sp³-hybridized carbons (Fsp3) is 0.417. The van der Waals surface area contributed by atoms with E-state index >= 15 is 0 Å². The zero-order chi connectivity index (χ0) is 23.0. The summed E-state index contributed by atoms with van der Waals surface area (Å²) in [6.45, 7) is 7.69. The molecule has 0 saturated heterocycles. The maximum atomic E-state index is 13.2. The van der Waals surface area contributed by atoms with E-state index in [1.165, 1.54) is 0 Å². The van der Waals surface area contributed by atoms with Crippen LogP contribution < -0.4 is 14.8 Å². The van der Waals surface area contributed by atoms with Gasteiger partial charge in [0.2, 0.25) is 5.91 Å². The number of benzene rings is 2. The van der Waals surface area contributed by atoms with Crippen LogP contribution in [0.4, 0.5) is 0 Å². The van der Waals surface area contributed by atoms with E-state index in [2.05, 4.69) is 5.32 Å². The Hall–Kier alpha value is -2.73. The highest BCUT2D eigenvalue weighted by molar-refractivity contribution is 6.30. The smallest absolute Gasteiger partial charge is 0.261 e. The van der Waals surface area contributed by atoms with Gasteiger partial charge in [-0.25, -0.2) is 0 Å². The van der Waals surface area contributed by atoms with Crippen molar-refractivity contribution in [3.63, 3.8) is 0 Å². The van der Waals surface area contributed by atoms with Crippen LogP contribution in [0.25, 0.3) is 0 Å². The Balaban J connectivity index is 2.24. The fourth-order valence-corrected chi connectivity index (χ4v) is 3.22. The molecule has 2 aromatic carbocycles. The summed E-state index contributed by atoms with van der Waals surface area (Å²) >= 11 is 5.90. The zero-order valence-electron chi connectivity index (χ0n) is 18.8. The van der Waals surface area contributed by atoms with E-state index in [0.29, 0.717) is 22.9 Å². The number of nitrogens with zero attached hydrogens (tertiary/aromatic N) is 1. The van der Waals surface area contributed by atoms with Crippen LogP contribution in [0.5, 0.6) is 11.5 Å². The highest BCUT2D eigenvalue weighted by Crippen LogP contribution is 2.19. The molecule has 0 aliphatic rings. The second-order valence-corrected chi connectivity index (χ2v) is 8.72. The summed E-state index contributed by atoms with van der Waals surface area (Å²) in [6.07, 6.45) is 0.471. The van der Waals surface area contributed by atoms with E-state index in [0.717, 1.165) is 5.56 Å². The highest BCUT2D eigenvalue weighted by atomic mass is 35.5. The molecule has 0 heterocycles. The second-order valence-electron chi connectivity index (χ2n) is 8.28. The first-order valence-electron chi connectivity index (χ1n) is 10.3. The van der Waals surface area contributed by atoms with Crippen molar-refractivity contribution in [3.8, 4) is 11.5 Å². The molecule has 0 bridgehead atoms. The van der Waals surface area contributed by atoms with Crippen molar-refractivity contribution in [2.75, 3.05) is 13.7 Å². The third-order valence-corrected chi connectivity index (χ3v) is 4.80. The minimum atomic E-state index is -0.633. The summed E-state index contributed by atoms with van der Waals surface area (Å²) in [5, 5.41) is 3.57. The third kappa shape index (κ3) is 7.79. The van der Waals surface area contributed by atoms with Crippen molar-refractivity contribution in [2.24, 2.45) is 0 Å². The third-order valence-electron chi connectivity index (χ3n) is 4.55. The molecule has 2 rings (SSSR count). The quantitative estimate of drug-likeness (QED) is 0.617. The van der Waals surface area contributed by atoms with Gasteiger partial charge in [-0.15, -0.1) is 0 Å². The van der Waals surface area contributed by atoms with Crippen molar-refractivity contribution in [2.45, 2.75) is 52.2 Å². The number of carbonyl (C=O) groups is 2. The van der Waals surface area contributed by atoms with E-state index in [9.17, 15) is 9.59 Å². The van der Waals surface area contributed by atoms with Crippen LogP contribution in [0, 0.1) is 0 Å². The number of hydrogen-bond acceptors (Lipinski definition) is 4. The predicted octanol–water partition coefficient (Wildman–Crippen LogP) is 4.45. The van der Waals surface area contributed by atoms with Crippen molar-refractivity contribution in [1.82, 2.24) is 10.2 Å². The number of amides is 2. The molecule has 1 unspecified atom stereocenters. The lowest BCUT2D eigenvalue weighted by Crippen LogP contribution is -2.54. The van der Waals surface area contributed by atoms with Crippen LogP contribution in [0.15, 0.2) is 48.5 Å². The molecule has 0 aliphatic carbocycles. The molecule has 31 heavy (non-hydrogen) atoms. The van der Waals surface area contributed by atoms with Crippen LogP contribution in [0.1, 0.15) is 39.7 Å². The maximum absolute atomic E-state index is 13.2. The summed E-state index contributed by atoms with van der Waals surface area (Å²) in [6, 6.07) is 13.6. The highest BCUT2D eigenvalue weighted by Gasteiger charge is 2.31. The molecular weight excluding hydrogens is 416 g/mol. The second kappa shape index (κ2) is 11.0. The lowest BCUT2D eigenvalue weighted by Gasteiger charge is -2.33. The lowest BCUT2D eigenvalue weighted by molar-refractivity contribution is -0.143. The van der Waals surface area contributed by atoms with Gasteiger partial charge >= 0.3 is 0 Å². The summed E-state index contributed by atoms with van der Waals surface area (Å²) in [4.78, 5) is 27.7. The first-order chi connectivity index (χ1) is 14.6. The Bertz CT molecular complexity index is 878. The number of carbonyl (C=O) groups excluding carboxylic acids is 2. The SMILES string of the molecule is CCC(C(=O)NC(C)(C)C)N(Cc1cccc(OC)c1)C(=O)COc1ccc(Cl)cc1. The molecule has 0 spiro atoms. The molecular formula is C24H31ClN2O4. The van der Waals surface area contributed by atoms with Crippen molar-refractivity contribution in [1.29, 1.82) is 0 Å². The summed E-state index contributed by atoms with van der Waals surface area (Å²) in [7, 11) is 1.59. The summed E-state index contributed by atoms with van der Waals surface area (Å²) in [5.41, 5.74) is 0.454. The Kier molecular flexibility index (Phi) is 8.75. The van der Waals surface area contributed by atoms with Gasteiger partial charge in [0.05, 0.1) is 7.11 Å². The minimum Gasteiger partial charge on any atom is -0.497 e. The minimum absolute atomic E-state index is 0.190. The van der Waals surface area contributed by atoms with Crippen LogP contribution in [-0.4, -0.2) is 42.0 Å². The average molecular weight is 447 g/mol. The first kappa shape index (κ1) is 24.5. The molecule has 7 heteroatoms. The van der Waals surface area contributed by atoms with Gasteiger partial charge in [-0.3, -0.25) is 9.59 Å². The Labute approximate surface area is 189 Å². The van der Waals surface area contributed by atoms with E-state index in [-0.39, 0.29) is 25.0 Å². The molecule has 0 radical (unpaired) electrons. The summed E-state index contributed by atoms with van der Waals surface area (Å²) < 4.78 is 10.9. The van der Waals surface area contributed by atoms with E-state index < -0.39 is 11.6 Å². The largest absolute Gasteiger partial charge is 0.497 e. The Morgan fingerprint density at radius 3 is 2.35 bits per heavy atom. The maximum Gasteiger partial charge on any atom is 0.261 e. The molecule has 2 aromatic rings. The standard InChI is InChI=1S/C24H31ClN2O4/c1-6-21(23(29)26-24(2,3)4)27(15-17-8-7-9-20(14-17)30-5)22(28)16-31-19-12-10-18(25)11-13-19/h7-14,21H,6,15-16H2,1-5H3,(H,26,29). The average Bonchev–Trinajstić information content (AvgIpc) is 2.71. The molecule has 168 valence electrons. The van der Waals surface area contributed by atoms with Gasteiger partial charge in [0.1, 0.15) is 17.5 Å². The molecule has 0 aliphatic heterocycles. The van der Waals surface area contributed by atoms with E-state index in [4.69, 9.17) is 21.1 Å². The molecule has 2 amide bonds. The predicted molar refractivity (Wildman–Crippen MR) is 122 cm³/mol. The number of ether oxygens (including phenoxy) is 2. The molecule has 0 fully saturated rings. The fourth-order valence-electron chi connectivity index (χ4n) is 3.10. The number of methoxy groups -OCH3 is 1. The number of halogens is 1. The Morgan fingerprint density at radius 1 is 1.10 bits per heavy atom. The van der Waals surface area contributed by atoms with Crippen molar-refractivity contribution >= 4 is 23.4 Å². The summed E-state index contributed by atoms with van der Waals surface area (Å²) in [5.74, 6) is 0.743. The van der Waals surface area contributed by atoms with Gasteiger partial charge in [0.25, 0.3) is 5.91 Å². The van der Waals surface area contributed by atoms with E-state index in [1.807, 2.05) is 52.0 Å². The van der Waals surface area contributed by atoms with Crippen LogP contribution in [0.3, 0.4) is 0 Å². The topological polar surface area (TPSA) is 67.9 Å². The van der Waals surface area contributed by atoms with Crippen molar-refractivity contribution < 1.29 is 19.1 Å². The first-order valence-corrected chi connectivity index (χ1v) is 10.6. The van der Waals surface area contributed by atoms with Crippen molar-refractivity contribution in [3.05, 3.63) is 59.1 Å². The van der Waals surface area contributed by atoms with Crippen LogP contribution in [-0.2, 0) is 16.1 Å². The number of rotatable bonds is 9. The number of nitrogens with one attached hydrogen (secondary N) is 1. The van der Waals surface area contributed by atoms with Crippen LogP contribution in [0.2, 0.25) is 5.02 Å². The van der Waals surface area contributed by atoms with Gasteiger partial charge in [0, 0.05) is 17.1 Å². The number of hydrogen-bond donors (Lipinski definition) is 1. The van der Waals surface area contributed by atoms with Crippen LogP contribution >= 0.6 is 11.6 Å². The van der Waals surface area contributed by atoms with Gasteiger partial charge in [-0.05, 0) is 69.2 Å². The van der Waals surface area contributed by atoms with E-state index in [1.54, 1.807) is 36.3 Å². The molecule has 0 saturated carbocycles. The normalized spacial score (nSPS) is 12.1. The molecule has 1 N–H and O–H groups in total. The van der Waals surface area contributed by atoms with Gasteiger partial charge in [0.15, 0.2) is 6.61 Å². The van der Waals surface area contributed by atoms with Gasteiger partial charge in [-0.2, -0.15) is 0 Å². The monoisotopic (exact) mass is 446 g/mol. The van der Waals surface area contributed by atoms with Gasteiger partial charge < -0.3 is 19.7 Å². The van der Waals surface area contributed by atoms with Gasteiger partial charge in [-0.1, -0.05) is 30.7 Å². The Morgan fingerprint density at radius 2 is 1.77 bits per heavy atom. The zero-order valence-corrected chi connectivity index (χ0v) is 19.5.